The van der Waals surface area contributed by atoms with Crippen molar-refractivity contribution in [2.24, 2.45) is 5.41 Å². The van der Waals surface area contributed by atoms with Gasteiger partial charge in [0.05, 0.1) is 0 Å². The van der Waals surface area contributed by atoms with Gasteiger partial charge in [0.15, 0.2) is 0 Å². The molecule has 2 aliphatic rings. The molecule has 1 aromatic carbocycles. The zero-order chi connectivity index (χ0) is 17.4. The standard InChI is InChI=1S/C18H21NO5/c1-2-18(15(21)22)11-17(8-14(20)9-17)12-19(18)16(23)24-10-13-6-4-3-5-7-13/h3-7H,2,8-12H2,1H3,(H,21,22). The van der Waals surface area contributed by atoms with Crippen molar-refractivity contribution in [3.05, 3.63) is 35.9 Å². The molecule has 1 spiro atoms. The molecule has 6 nitrogen and oxygen atoms in total. The lowest BCUT2D eigenvalue weighted by molar-refractivity contribution is -0.149. The number of aliphatic carboxylic acids is 1. The van der Waals surface area contributed by atoms with E-state index in [1.54, 1.807) is 6.92 Å². The monoisotopic (exact) mass is 331 g/mol. The van der Waals surface area contributed by atoms with Crippen molar-refractivity contribution in [3.8, 4) is 0 Å². The Labute approximate surface area is 140 Å². The van der Waals surface area contributed by atoms with Gasteiger partial charge in [0, 0.05) is 24.8 Å². The number of rotatable bonds is 4. The van der Waals surface area contributed by atoms with Crippen LogP contribution in [0.15, 0.2) is 30.3 Å². The number of carboxylic acid groups (broad SMARTS) is 1. The third kappa shape index (κ3) is 2.66. The van der Waals surface area contributed by atoms with Crippen molar-refractivity contribution in [1.29, 1.82) is 0 Å². The zero-order valence-electron chi connectivity index (χ0n) is 13.7. The zero-order valence-corrected chi connectivity index (χ0v) is 13.7. The van der Waals surface area contributed by atoms with E-state index in [4.69, 9.17) is 4.74 Å². The lowest BCUT2D eigenvalue weighted by atomic mass is 9.64. The third-order valence-corrected chi connectivity index (χ3v) is 5.23. The Kier molecular flexibility index (Phi) is 4.07. The molecular formula is C18H21NO5. The number of ketones is 1. The summed E-state index contributed by atoms with van der Waals surface area (Å²) in [5.74, 6) is -0.900. The number of hydrogen-bond donors (Lipinski definition) is 1. The van der Waals surface area contributed by atoms with Crippen LogP contribution in [-0.4, -0.2) is 39.9 Å². The number of carbonyl (C=O) groups excluding carboxylic acids is 2. The topological polar surface area (TPSA) is 83.9 Å². The number of carboxylic acids is 1. The van der Waals surface area contributed by atoms with Crippen LogP contribution in [-0.2, 0) is 20.9 Å². The second-order valence-electron chi connectivity index (χ2n) is 6.89. The molecule has 1 N–H and O–H groups in total. The molecule has 24 heavy (non-hydrogen) atoms. The number of nitrogens with zero attached hydrogens (tertiary/aromatic N) is 1. The molecule has 0 radical (unpaired) electrons. The molecule has 3 rings (SSSR count). The molecule has 1 aliphatic carbocycles. The van der Waals surface area contributed by atoms with Crippen molar-refractivity contribution in [1.82, 2.24) is 4.90 Å². The molecule has 1 aliphatic heterocycles. The molecule has 128 valence electrons. The normalized spacial score (nSPS) is 24.7. The van der Waals surface area contributed by atoms with Crippen molar-refractivity contribution >= 4 is 17.8 Å². The van der Waals surface area contributed by atoms with Crippen molar-refractivity contribution < 1.29 is 24.2 Å². The van der Waals surface area contributed by atoms with Gasteiger partial charge in [-0.15, -0.1) is 0 Å². The summed E-state index contributed by atoms with van der Waals surface area (Å²) in [5, 5.41) is 9.75. The van der Waals surface area contributed by atoms with E-state index in [9.17, 15) is 19.5 Å². The first kappa shape index (κ1) is 16.5. The molecule has 1 aromatic rings. The second kappa shape index (κ2) is 5.92. The highest BCUT2D eigenvalue weighted by atomic mass is 16.6. The van der Waals surface area contributed by atoms with Gasteiger partial charge in [0.2, 0.25) is 0 Å². The van der Waals surface area contributed by atoms with E-state index in [0.717, 1.165) is 5.56 Å². The number of likely N-dealkylation sites (tertiary alicyclic amines) is 1. The number of carbonyl (C=O) groups is 3. The van der Waals surface area contributed by atoms with Crippen LogP contribution in [0.25, 0.3) is 0 Å². The molecular weight excluding hydrogens is 310 g/mol. The summed E-state index contributed by atoms with van der Waals surface area (Å²) in [6, 6.07) is 9.25. The number of hydrogen-bond acceptors (Lipinski definition) is 4. The maximum atomic E-state index is 12.6. The first-order valence-corrected chi connectivity index (χ1v) is 8.14. The third-order valence-electron chi connectivity index (χ3n) is 5.23. The number of amides is 1. The molecule has 2 fully saturated rings. The highest BCUT2D eigenvalue weighted by Crippen LogP contribution is 2.53. The molecule has 1 atom stereocenters. The van der Waals surface area contributed by atoms with E-state index in [1.807, 2.05) is 30.3 Å². The van der Waals surface area contributed by atoms with Gasteiger partial charge in [-0.3, -0.25) is 9.69 Å². The van der Waals surface area contributed by atoms with Crippen molar-refractivity contribution in [2.45, 2.75) is 44.8 Å². The predicted octanol–water partition coefficient (Wildman–Crippen LogP) is 2.61. The maximum Gasteiger partial charge on any atom is 0.411 e. The van der Waals surface area contributed by atoms with Crippen LogP contribution in [0, 0.1) is 5.41 Å². The van der Waals surface area contributed by atoms with Crippen LogP contribution in [0.2, 0.25) is 0 Å². The van der Waals surface area contributed by atoms with E-state index in [2.05, 4.69) is 0 Å². The SMILES string of the molecule is CCC1(C(=O)O)CC2(CC(=O)C2)CN1C(=O)OCc1ccccc1. The van der Waals surface area contributed by atoms with E-state index < -0.39 is 23.0 Å². The largest absolute Gasteiger partial charge is 0.479 e. The van der Waals surface area contributed by atoms with Gasteiger partial charge in [-0.2, -0.15) is 0 Å². The average molecular weight is 331 g/mol. The molecule has 1 saturated heterocycles. The minimum absolute atomic E-state index is 0.0987. The maximum absolute atomic E-state index is 12.6. The molecule has 6 heteroatoms. The van der Waals surface area contributed by atoms with E-state index >= 15 is 0 Å². The van der Waals surface area contributed by atoms with Crippen LogP contribution < -0.4 is 0 Å². The summed E-state index contributed by atoms with van der Waals surface area (Å²) < 4.78 is 5.35. The van der Waals surface area contributed by atoms with Gasteiger partial charge in [-0.05, 0) is 18.4 Å². The number of benzene rings is 1. The van der Waals surface area contributed by atoms with E-state index in [1.165, 1.54) is 4.90 Å². The summed E-state index contributed by atoms with van der Waals surface area (Å²) in [6.07, 6.45) is 0.686. The van der Waals surface area contributed by atoms with Gasteiger partial charge in [-0.25, -0.2) is 9.59 Å². The Morgan fingerprint density at radius 2 is 1.92 bits per heavy atom. The van der Waals surface area contributed by atoms with Gasteiger partial charge in [0.25, 0.3) is 0 Å². The summed E-state index contributed by atoms with van der Waals surface area (Å²) in [4.78, 5) is 37.2. The Balaban J connectivity index is 1.77. The fourth-order valence-corrected chi connectivity index (χ4v) is 3.97. The Bertz CT molecular complexity index is 663. The van der Waals surface area contributed by atoms with Crippen LogP contribution in [0.4, 0.5) is 4.79 Å². The molecule has 1 unspecified atom stereocenters. The van der Waals surface area contributed by atoms with Gasteiger partial charge < -0.3 is 9.84 Å². The second-order valence-corrected chi connectivity index (χ2v) is 6.89. The first-order chi connectivity index (χ1) is 11.4. The average Bonchev–Trinajstić information content (AvgIpc) is 2.90. The summed E-state index contributed by atoms with van der Waals surface area (Å²) in [5.41, 5.74) is -0.831. The minimum Gasteiger partial charge on any atom is -0.479 e. The Hall–Kier alpha value is -2.37. The van der Waals surface area contributed by atoms with Gasteiger partial charge in [0.1, 0.15) is 17.9 Å². The fourth-order valence-electron chi connectivity index (χ4n) is 3.97. The highest BCUT2D eigenvalue weighted by Gasteiger charge is 2.62. The molecule has 1 amide bonds. The lowest BCUT2D eigenvalue weighted by Crippen LogP contribution is -2.52. The molecule has 0 aromatic heterocycles. The van der Waals surface area contributed by atoms with Gasteiger partial charge in [-0.1, -0.05) is 37.3 Å². The Morgan fingerprint density at radius 1 is 1.25 bits per heavy atom. The molecule has 1 saturated carbocycles. The van der Waals surface area contributed by atoms with Crippen LogP contribution >= 0.6 is 0 Å². The van der Waals surface area contributed by atoms with Crippen molar-refractivity contribution in [2.75, 3.05) is 6.54 Å². The minimum atomic E-state index is -1.28. The predicted molar refractivity (Wildman–Crippen MR) is 85.3 cm³/mol. The van der Waals surface area contributed by atoms with E-state index in [0.29, 0.717) is 25.7 Å². The summed E-state index contributed by atoms with van der Waals surface area (Å²) in [6.45, 7) is 2.12. The van der Waals surface area contributed by atoms with Crippen LogP contribution in [0.1, 0.15) is 38.2 Å². The summed E-state index contributed by atoms with van der Waals surface area (Å²) in [7, 11) is 0. The van der Waals surface area contributed by atoms with Crippen LogP contribution in [0.3, 0.4) is 0 Å². The molecule has 1 heterocycles. The Morgan fingerprint density at radius 3 is 2.46 bits per heavy atom. The molecule has 0 bridgehead atoms. The van der Waals surface area contributed by atoms with Crippen molar-refractivity contribution in [3.63, 3.8) is 0 Å². The van der Waals surface area contributed by atoms with Gasteiger partial charge >= 0.3 is 12.1 Å². The fraction of sp³-hybridized carbons (Fsp3) is 0.500. The van der Waals surface area contributed by atoms with E-state index in [-0.39, 0.29) is 18.9 Å². The highest BCUT2D eigenvalue weighted by molar-refractivity contribution is 5.90. The number of Topliss-reactive ketones (excluding diaryl/α,β-unsaturated/α-hetero) is 1. The van der Waals surface area contributed by atoms with Crippen LogP contribution in [0.5, 0.6) is 0 Å². The lowest BCUT2D eigenvalue weighted by Gasteiger charge is -2.36. The first-order valence-electron chi connectivity index (χ1n) is 8.14. The summed E-state index contributed by atoms with van der Waals surface area (Å²) >= 11 is 0. The quantitative estimate of drug-likeness (QED) is 0.917. The smallest absolute Gasteiger partial charge is 0.411 e. The number of ether oxygens (including phenoxy) is 1.